The number of rotatable bonds is 6. The largest absolute Gasteiger partial charge is 0.465 e. The summed E-state index contributed by atoms with van der Waals surface area (Å²) in [6.07, 6.45) is 0.427. The number of aromatic amines is 1. The first-order valence-corrected chi connectivity index (χ1v) is 9.06. The lowest BCUT2D eigenvalue weighted by Gasteiger charge is -2.10. The first-order chi connectivity index (χ1) is 11.3. The van der Waals surface area contributed by atoms with Crippen LogP contribution in [0.25, 0.3) is 0 Å². The molecule has 8 heteroatoms. The molecule has 0 saturated heterocycles. The Hall–Kier alpha value is -2.35. The normalized spacial score (nSPS) is 11.5. The third-order valence-corrected chi connectivity index (χ3v) is 4.94. The van der Waals surface area contributed by atoms with Gasteiger partial charge in [-0.3, -0.25) is 9.82 Å². The first-order valence-electron chi connectivity index (χ1n) is 7.58. The number of anilines is 1. The highest BCUT2D eigenvalue weighted by Gasteiger charge is 2.29. The number of aryl methyl sites for hydroxylation is 1. The van der Waals surface area contributed by atoms with Crippen LogP contribution < -0.4 is 4.72 Å². The predicted molar refractivity (Wildman–Crippen MR) is 90.6 cm³/mol. The molecular formula is C16H21N3O4S. The molecule has 1 heterocycles. The van der Waals surface area contributed by atoms with Crippen molar-refractivity contribution in [2.45, 2.75) is 38.1 Å². The number of methoxy groups -OCH3 is 1. The molecule has 2 rings (SSSR count). The van der Waals surface area contributed by atoms with Gasteiger partial charge in [0.2, 0.25) is 5.03 Å². The minimum absolute atomic E-state index is 0.0636. The van der Waals surface area contributed by atoms with Crippen LogP contribution in [-0.4, -0.2) is 31.7 Å². The zero-order valence-corrected chi connectivity index (χ0v) is 14.9. The Labute approximate surface area is 141 Å². The van der Waals surface area contributed by atoms with Gasteiger partial charge in [-0.2, -0.15) is 13.5 Å². The maximum Gasteiger partial charge on any atom is 0.342 e. The average molecular weight is 351 g/mol. The second kappa shape index (κ2) is 7.04. The number of benzene rings is 1. The van der Waals surface area contributed by atoms with Gasteiger partial charge in [0.1, 0.15) is 5.56 Å². The Morgan fingerprint density at radius 1 is 1.29 bits per heavy atom. The SMILES string of the molecule is CCc1[nH]nc(S(=O)(=O)Nc2ccc(C(C)C)cc2)c1C(=O)OC. The van der Waals surface area contributed by atoms with E-state index in [1.165, 1.54) is 7.11 Å². The lowest BCUT2D eigenvalue weighted by molar-refractivity contribution is 0.0595. The quantitative estimate of drug-likeness (QED) is 0.779. The number of carbonyl (C=O) groups is 1. The number of nitrogens with zero attached hydrogens (tertiary/aromatic N) is 1. The predicted octanol–water partition coefficient (Wildman–Crippen LogP) is 2.68. The van der Waals surface area contributed by atoms with Crippen molar-refractivity contribution in [3.8, 4) is 0 Å². The molecule has 0 bridgehead atoms. The molecule has 0 amide bonds. The molecular weight excluding hydrogens is 330 g/mol. The van der Waals surface area contributed by atoms with Gasteiger partial charge in [-0.15, -0.1) is 0 Å². The van der Waals surface area contributed by atoms with Crippen LogP contribution in [0.3, 0.4) is 0 Å². The molecule has 0 fully saturated rings. The van der Waals surface area contributed by atoms with Crippen molar-refractivity contribution in [1.82, 2.24) is 10.2 Å². The number of hydrogen-bond donors (Lipinski definition) is 2. The molecule has 1 aromatic heterocycles. The van der Waals surface area contributed by atoms with E-state index in [9.17, 15) is 13.2 Å². The summed E-state index contributed by atoms with van der Waals surface area (Å²) in [5.41, 5.74) is 1.85. The maximum atomic E-state index is 12.6. The molecule has 0 saturated carbocycles. The van der Waals surface area contributed by atoms with E-state index in [-0.39, 0.29) is 10.6 Å². The second-order valence-corrected chi connectivity index (χ2v) is 7.21. The number of esters is 1. The highest BCUT2D eigenvalue weighted by Crippen LogP contribution is 2.23. The van der Waals surface area contributed by atoms with E-state index in [1.807, 2.05) is 12.1 Å². The van der Waals surface area contributed by atoms with Crippen molar-refractivity contribution in [1.29, 1.82) is 0 Å². The molecule has 0 aliphatic carbocycles. The summed E-state index contributed by atoms with van der Waals surface area (Å²) in [4.78, 5) is 11.9. The molecule has 7 nitrogen and oxygen atoms in total. The molecule has 0 spiro atoms. The lowest BCUT2D eigenvalue weighted by Crippen LogP contribution is -2.18. The number of carbonyl (C=O) groups excluding carboxylic acids is 1. The van der Waals surface area contributed by atoms with E-state index < -0.39 is 16.0 Å². The fourth-order valence-corrected chi connectivity index (χ4v) is 3.45. The van der Waals surface area contributed by atoms with Crippen LogP contribution in [0, 0.1) is 0 Å². The van der Waals surface area contributed by atoms with Crippen molar-refractivity contribution >= 4 is 21.7 Å². The van der Waals surface area contributed by atoms with Crippen molar-refractivity contribution in [2.24, 2.45) is 0 Å². The molecule has 130 valence electrons. The fourth-order valence-electron chi connectivity index (χ4n) is 2.26. The molecule has 1 aromatic carbocycles. The van der Waals surface area contributed by atoms with E-state index in [2.05, 4.69) is 33.5 Å². The van der Waals surface area contributed by atoms with Crippen LogP contribution in [0.1, 0.15) is 48.3 Å². The maximum absolute atomic E-state index is 12.6. The molecule has 0 aliphatic heterocycles. The summed E-state index contributed by atoms with van der Waals surface area (Å²) in [6.45, 7) is 5.89. The lowest BCUT2D eigenvalue weighted by atomic mass is 10.0. The van der Waals surface area contributed by atoms with Crippen LogP contribution in [0.2, 0.25) is 0 Å². The van der Waals surface area contributed by atoms with Crippen molar-refractivity contribution in [3.05, 3.63) is 41.1 Å². The van der Waals surface area contributed by atoms with Gasteiger partial charge in [-0.1, -0.05) is 32.9 Å². The number of aromatic nitrogens is 2. The third kappa shape index (κ3) is 3.59. The number of nitrogens with one attached hydrogen (secondary N) is 2. The summed E-state index contributed by atoms with van der Waals surface area (Å²) >= 11 is 0. The van der Waals surface area contributed by atoms with E-state index >= 15 is 0 Å². The van der Waals surface area contributed by atoms with E-state index in [4.69, 9.17) is 0 Å². The Morgan fingerprint density at radius 2 is 1.92 bits per heavy atom. The summed E-state index contributed by atoms with van der Waals surface area (Å²) in [5, 5.41) is 6.02. The number of H-pyrrole nitrogens is 1. The van der Waals surface area contributed by atoms with Gasteiger partial charge in [0.15, 0.2) is 0 Å². The van der Waals surface area contributed by atoms with Crippen LogP contribution in [0.4, 0.5) is 5.69 Å². The number of ether oxygens (including phenoxy) is 1. The second-order valence-electron chi connectivity index (χ2n) is 5.61. The smallest absolute Gasteiger partial charge is 0.342 e. The van der Waals surface area contributed by atoms with Gasteiger partial charge in [-0.05, 0) is 30.0 Å². The summed E-state index contributed by atoms with van der Waals surface area (Å²) < 4.78 is 32.3. The van der Waals surface area contributed by atoms with Crippen LogP contribution in [0.5, 0.6) is 0 Å². The first kappa shape index (κ1) is 18.0. The van der Waals surface area contributed by atoms with E-state index in [1.54, 1.807) is 19.1 Å². The van der Waals surface area contributed by atoms with E-state index in [0.717, 1.165) is 5.56 Å². The molecule has 0 radical (unpaired) electrons. The summed E-state index contributed by atoms with van der Waals surface area (Å²) in [5.74, 6) is -0.392. The van der Waals surface area contributed by atoms with Crippen molar-refractivity contribution < 1.29 is 17.9 Å². The third-order valence-electron chi connectivity index (χ3n) is 3.64. The Kier molecular flexibility index (Phi) is 5.28. The minimum Gasteiger partial charge on any atom is -0.465 e. The topological polar surface area (TPSA) is 101 Å². The standard InChI is InChI=1S/C16H21N3O4S/c1-5-13-14(16(20)23-4)15(18-17-13)24(21,22)19-12-8-6-11(7-9-12)10(2)3/h6-10,19H,5H2,1-4H3,(H,17,18). The average Bonchev–Trinajstić information content (AvgIpc) is 2.99. The molecule has 0 aliphatic rings. The van der Waals surface area contributed by atoms with Gasteiger partial charge in [0.05, 0.1) is 12.8 Å². The Balaban J connectivity index is 2.37. The van der Waals surface area contributed by atoms with Gasteiger partial charge < -0.3 is 4.74 Å². The summed E-state index contributed by atoms with van der Waals surface area (Å²) in [6, 6.07) is 7.06. The molecule has 2 aromatic rings. The molecule has 0 atom stereocenters. The number of hydrogen-bond acceptors (Lipinski definition) is 5. The molecule has 2 N–H and O–H groups in total. The minimum atomic E-state index is -4.01. The molecule has 0 unspecified atom stereocenters. The number of sulfonamides is 1. The van der Waals surface area contributed by atoms with Gasteiger partial charge in [-0.25, -0.2) is 4.79 Å². The van der Waals surface area contributed by atoms with E-state index in [0.29, 0.717) is 23.7 Å². The van der Waals surface area contributed by atoms with Gasteiger partial charge in [0.25, 0.3) is 10.0 Å². The zero-order chi connectivity index (χ0) is 17.9. The van der Waals surface area contributed by atoms with Crippen molar-refractivity contribution in [2.75, 3.05) is 11.8 Å². The van der Waals surface area contributed by atoms with Crippen LogP contribution in [-0.2, 0) is 21.2 Å². The van der Waals surface area contributed by atoms with Gasteiger partial charge in [0, 0.05) is 5.69 Å². The highest BCUT2D eigenvalue weighted by atomic mass is 32.2. The van der Waals surface area contributed by atoms with Gasteiger partial charge >= 0.3 is 5.97 Å². The van der Waals surface area contributed by atoms with Crippen LogP contribution >= 0.6 is 0 Å². The fraction of sp³-hybridized carbons (Fsp3) is 0.375. The summed E-state index contributed by atoms with van der Waals surface area (Å²) in [7, 11) is -2.82. The molecule has 24 heavy (non-hydrogen) atoms. The zero-order valence-electron chi connectivity index (χ0n) is 14.1. The van der Waals surface area contributed by atoms with Crippen LogP contribution in [0.15, 0.2) is 29.3 Å². The monoisotopic (exact) mass is 351 g/mol. The highest BCUT2D eigenvalue weighted by molar-refractivity contribution is 7.92. The van der Waals surface area contributed by atoms with Crippen molar-refractivity contribution in [3.63, 3.8) is 0 Å². The Morgan fingerprint density at radius 3 is 2.42 bits per heavy atom. The Bertz CT molecular complexity index is 824.